The van der Waals surface area contributed by atoms with Gasteiger partial charge in [-0.15, -0.1) is 0 Å². The fraction of sp³-hybridized carbons (Fsp3) is 0.429. The number of benzene rings is 2. The second-order valence-electron chi connectivity index (χ2n) is 7.27. The molecule has 1 heterocycles. The van der Waals surface area contributed by atoms with Crippen molar-refractivity contribution in [2.24, 2.45) is 0 Å². The van der Waals surface area contributed by atoms with Gasteiger partial charge in [-0.25, -0.2) is 8.78 Å². The topological polar surface area (TPSA) is 37.2 Å². The third-order valence-electron chi connectivity index (χ3n) is 5.44. The second-order valence-corrected chi connectivity index (χ2v) is 7.27. The highest BCUT2D eigenvalue weighted by Gasteiger charge is 2.41. The number of nitrogens with one attached hydrogen (secondary N) is 1. The predicted octanol–water partition coefficient (Wildman–Crippen LogP) is 4.32. The van der Waals surface area contributed by atoms with Gasteiger partial charge in [-0.1, -0.05) is 42.8 Å². The summed E-state index contributed by atoms with van der Waals surface area (Å²) >= 11 is 0. The van der Waals surface area contributed by atoms with Crippen molar-refractivity contribution in [2.45, 2.75) is 50.3 Å². The van der Waals surface area contributed by atoms with Crippen molar-refractivity contribution in [1.82, 2.24) is 9.88 Å². The van der Waals surface area contributed by atoms with Crippen LogP contribution in [0.4, 0.5) is 8.78 Å². The van der Waals surface area contributed by atoms with Crippen LogP contribution in [0.3, 0.4) is 0 Å². The van der Waals surface area contributed by atoms with Gasteiger partial charge in [0.2, 0.25) is 0 Å². The van der Waals surface area contributed by atoms with Gasteiger partial charge >= 0.3 is 0 Å². The molecule has 1 fully saturated rings. The van der Waals surface area contributed by atoms with Crippen molar-refractivity contribution < 1.29 is 13.9 Å². The van der Waals surface area contributed by atoms with E-state index in [1.54, 1.807) is 0 Å². The number of alkyl halides is 2. The molecular weight excluding hydrogens is 334 g/mol. The number of rotatable bonds is 5. The molecule has 3 nitrogen and oxygen atoms in total. The monoisotopic (exact) mass is 358 g/mol. The smallest absolute Gasteiger partial charge is 0.263 e. The molecule has 2 N–H and O–H groups in total. The molecule has 0 amide bonds. The number of halogens is 2. The van der Waals surface area contributed by atoms with E-state index >= 15 is 0 Å². The maximum absolute atomic E-state index is 14.0. The number of nitrogens with zero attached hydrogens (tertiary/aromatic N) is 1. The van der Waals surface area contributed by atoms with Gasteiger partial charge in [-0.3, -0.25) is 0 Å². The van der Waals surface area contributed by atoms with E-state index in [1.165, 1.54) is 0 Å². The maximum Gasteiger partial charge on any atom is 0.263 e. The fourth-order valence-electron chi connectivity index (χ4n) is 4.10. The average Bonchev–Trinajstić information content (AvgIpc) is 2.95. The van der Waals surface area contributed by atoms with E-state index in [4.69, 9.17) is 0 Å². The Morgan fingerprint density at radius 2 is 1.65 bits per heavy atom. The summed E-state index contributed by atoms with van der Waals surface area (Å²) in [6.45, 7) is 0.542. The molecule has 2 atom stereocenters. The molecule has 0 saturated heterocycles. The van der Waals surface area contributed by atoms with Crippen molar-refractivity contribution in [2.75, 3.05) is 6.54 Å². The molecule has 26 heavy (non-hydrogen) atoms. The van der Waals surface area contributed by atoms with Crippen molar-refractivity contribution in [1.29, 1.82) is 0 Å². The highest BCUT2D eigenvalue weighted by Crippen LogP contribution is 2.33. The summed E-state index contributed by atoms with van der Waals surface area (Å²) in [5.41, 5.74) is 2.10. The summed E-state index contributed by atoms with van der Waals surface area (Å²) in [5, 5.41) is 15.7. The van der Waals surface area contributed by atoms with E-state index in [9.17, 15) is 13.9 Å². The minimum Gasteiger partial charge on any atom is -0.390 e. The van der Waals surface area contributed by atoms with Crippen molar-refractivity contribution in [3.8, 4) is 0 Å². The molecule has 1 aliphatic rings. The fourth-order valence-corrected chi connectivity index (χ4v) is 4.10. The number of aromatic nitrogens is 1. The molecule has 138 valence electrons. The molecule has 4 rings (SSSR count). The van der Waals surface area contributed by atoms with E-state index in [0.717, 1.165) is 28.2 Å². The van der Waals surface area contributed by atoms with Crippen LogP contribution in [-0.2, 0) is 6.54 Å². The molecular formula is C21H24F2N2O. The molecule has 1 aliphatic carbocycles. The highest BCUT2D eigenvalue weighted by molar-refractivity contribution is 6.07. The number of hydrogen-bond acceptors (Lipinski definition) is 2. The largest absolute Gasteiger partial charge is 0.390 e. The zero-order valence-electron chi connectivity index (χ0n) is 14.7. The van der Waals surface area contributed by atoms with Gasteiger partial charge in [0, 0.05) is 34.8 Å². The van der Waals surface area contributed by atoms with Crippen LogP contribution in [0, 0.1) is 0 Å². The summed E-state index contributed by atoms with van der Waals surface area (Å²) in [7, 11) is 0. The van der Waals surface area contributed by atoms with Crippen LogP contribution in [0.2, 0.25) is 0 Å². The van der Waals surface area contributed by atoms with E-state index < -0.39 is 18.1 Å². The zero-order valence-corrected chi connectivity index (χ0v) is 14.7. The third-order valence-corrected chi connectivity index (χ3v) is 5.44. The van der Waals surface area contributed by atoms with Crippen LogP contribution in [0.25, 0.3) is 21.8 Å². The SMILES string of the molecule is OC(CNC1CCCCC1(F)F)Cn1c2ccccc2c2ccccc21. The lowest BCUT2D eigenvalue weighted by atomic mass is 9.91. The minimum absolute atomic E-state index is 0.0619. The maximum atomic E-state index is 14.0. The number of para-hydroxylation sites is 2. The first kappa shape index (κ1) is 17.4. The first-order valence-electron chi connectivity index (χ1n) is 9.31. The van der Waals surface area contributed by atoms with Gasteiger partial charge < -0.3 is 15.0 Å². The van der Waals surface area contributed by atoms with Gasteiger partial charge in [-0.2, -0.15) is 0 Å². The Bertz CT molecular complexity index is 852. The molecule has 0 bridgehead atoms. The van der Waals surface area contributed by atoms with E-state index in [2.05, 4.69) is 22.0 Å². The predicted molar refractivity (Wildman–Crippen MR) is 101 cm³/mol. The van der Waals surface area contributed by atoms with Crippen LogP contribution < -0.4 is 5.32 Å². The Morgan fingerprint density at radius 3 is 2.27 bits per heavy atom. The molecule has 0 spiro atoms. The Labute approximate surface area is 151 Å². The Morgan fingerprint density at radius 1 is 1.04 bits per heavy atom. The molecule has 2 unspecified atom stereocenters. The first-order chi connectivity index (χ1) is 12.6. The minimum atomic E-state index is -2.68. The molecule has 1 saturated carbocycles. The van der Waals surface area contributed by atoms with Crippen LogP contribution in [0.15, 0.2) is 48.5 Å². The second kappa shape index (κ2) is 6.97. The number of aliphatic hydroxyl groups is 1. The standard InChI is InChI=1S/C21H24F2N2O/c22-21(23)12-6-5-11-20(21)24-13-15(26)14-25-18-9-3-1-7-16(18)17-8-2-4-10-19(17)25/h1-4,7-10,15,20,24,26H,5-6,11-14H2. The van der Waals surface area contributed by atoms with Gasteiger partial charge in [0.25, 0.3) is 5.92 Å². The lowest BCUT2D eigenvalue weighted by Gasteiger charge is -2.32. The quantitative estimate of drug-likeness (QED) is 0.713. The van der Waals surface area contributed by atoms with Gasteiger partial charge in [0.05, 0.1) is 18.7 Å². The Hall–Kier alpha value is -1.98. The summed E-state index contributed by atoms with van der Waals surface area (Å²) in [4.78, 5) is 0. The molecule has 1 aromatic heterocycles. The summed E-state index contributed by atoms with van der Waals surface area (Å²) in [6.07, 6.45) is 1.07. The normalized spacial score (nSPS) is 21.3. The molecule has 0 aliphatic heterocycles. The lowest BCUT2D eigenvalue weighted by Crippen LogP contribution is -2.49. The Balaban J connectivity index is 1.53. The van der Waals surface area contributed by atoms with Crippen LogP contribution in [0.5, 0.6) is 0 Å². The molecule has 2 aromatic carbocycles. The lowest BCUT2D eigenvalue weighted by molar-refractivity contribution is -0.0659. The van der Waals surface area contributed by atoms with E-state index in [0.29, 0.717) is 19.4 Å². The first-order valence-corrected chi connectivity index (χ1v) is 9.31. The van der Waals surface area contributed by atoms with Crippen LogP contribution >= 0.6 is 0 Å². The van der Waals surface area contributed by atoms with Crippen LogP contribution in [0.1, 0.15) is 25.7 Å². The summed E-state index contributed by atoms with van der Waals surface area (Å²) < 4.78 is 30.0. The van der Waals surface area contributed by atoms with Crippen molar-refractivity contribution >= 4 is 21.8 Å². The van der Waals surface area contributed by atoms with Crippen molar-refractivity contribution in [3.63, 3.8) is 0 Å². The molecule has 5 heteroatoms. The van der Waals surface area contributed by atoms with Gasteiger partial charge in [-0.05, 0) is 25.0 Å². The van der Waals surface area contributed by atoms with Gasteiger partial charge in [0.15, 0.2) is 0 Å². The third kappa shape index (κ3) is 3.21. The number of fused-ring (bicyclic) bond motifs is 3. The molecule has 0 radical (unpaired) electrons. The zero-order chi connectivity index (χ0) is 18.1. The van der Waals surface area contributed by atoms with E-state index in [1.807, 2.05) is 36.4 Å². The number of hydrogen-bond donors (Lipinski definition) is 2. The average molecular weight is 358 g/mol. The number of aliphatic hydroxyl groups excluding tert-OH is 1. The van der Waals surface area contributed by atoms with E-state index in [-0.39, 0.29) is 13.0 Å². The molecule has 3 aromatic rings. The van der Waals surface area contributed by atoms with Gasteiger partial charge in [0.1, 0.15) is 0 Å². The summed E-state index contributed by atoms with van der Waals surface area (Å²) in [5.74, 6) is -2.68. The van der Waals surface area contributed by atoms with Crippen molar-refractivity contribution in [3.05, 3.63) is 48.5 Å². The highest BCUT2D eigenvalue weighted by atomic mass is 19.3. The summed E-state index contributed by atoms with van der Waals surface area (Å²) in [6, 6.07) is 15.3. The Kier molecular flexibility index (Phi) is 4.67. The van der Waals surface area contributed by atoms with Crippen LogP contribution in [-0.4, -0.2) is 34.3 Å².